The molecule has 0 saturated carbocycles. The monoisotopic (exact) mass is 87.0 g/mol. The van der Waals surface area contributed by atoms with Crippen molar-refractivity contribution in [1.29, 1.82) is 5.26 Å². The Bertz CT molecular complexity index is 56.3. The molecule has 0 fully saturated rings. The summed E-state index contributed by atoms with van der Waals surface area (Å²) in [5.74, 6) is 0. The third-order valence-electron chi connectivity index (χ3n) is 0.241. The normalized spacial score (nSPS) is 7.33. The molecule has 3 nitrogen and oxygen atoms in total. The first-order valence-corrected chi connectivity index (χ1v) is 1.44. The Morgan fingerprint density at radius 3 is 2.67 bits per heavy atom. The number of nitrogens with zero attached hydrogens (tertiary/aromatic N) is 1. The van der Waals surface area contributed by atoms with Gasteiger partial charge in [0.2, 0.25) is 0 Å². The molecule has 0 radical (unpaired) electrons. The summed E-state index contributed by atoms with van der Waals surface area (Å²) in [6.07, 6.45) is 0. The second-order valence-electron chi connectivity index (χ2n) is 0.587. The van der Waals surface area contributed by atoms with Crippen LogP contribution in [-0.2, 0) is 9.78 Å². The number of hydrogen-bond acceptors (Lipinski definition) is 3. The first kappa shape index (κ1) is 5.41. The Labute approximate surface area is 36.0 Å². The van der Waals surface area contributed by atoms with E-state index in [-0.39, 0.29) is 6.61 Å². The Morgan fingerprint density at radius 2 is 2.50 bits per heavy atom. The zero-order valence-corrected chi connectivity index (χ0v) is 3.47. The van der Waals surface area contributed by atoms with E-state index in [2.05, 4.69) is 9.78 Å². The van der Waals surface area contributed by atoms with Gasteiger partial charge in [0.1, 0.15) is 0 Å². The lowest BCUT2D eigenvalue weighted by molar-refractivity contribution is -0.261. The molecule has 0 amide bonds. The smallest absolute Gasteiger partial charge is 0.168 e. The van der Waals surface area contributed by atoms with Gasteiger partial charge in [-0.05, 0) is 0 Å². The summed E-state index contributed by atoms with van der Waals surface area (Å²) in [6, 6.07) is 1.72. The third kappa shape index (κ3) is 3.41. The standard InChI is InChI=1S/C3H5NO2/c1-5-6-3-2-4/h3H2,1H3. The molecule has 0 atom stereocenters. The van der Waals surface area contributed by atoms with Gasteiger partial charge in [0.15, 0.2) is 6.61 Å². The largest absolute Gasteiger partial charge is 0.239 e. The lowest BCUT2D eigenvalue weighted by Crippen LogP contribution is -1.86. The van der Waals surface area contributed by atoms with Gasteiger partial charge in [-0.2, -0.15) is 5.26 Å². The highest BCUT2D eigenvalue weighted by molar-refractivity contribution is 4.64. The van der Waals surface area contributed by atoms with E-state index in [1.165, 1.54) is 7.11 Å². The molecule has 0 rings (SSSR count). The summed E-state index contributed by atoms with van der Waals surface area (Å²) < 4.78 is 0. The summed E-state index contributed by atoms with van der Waals surface area (Å²) in [5.41, 5.74) is 0. The van der Waals surface area contributed by atoms with Crippen molar-refractivity contribution in [2.45, 2.75) is 0 Å². The lowest BCUT2D eigenvalue weighted by Gasteiger charge is -1.84. The average Bonchev–Trinajstić information content (AvgIpc) is 1.61. The fourth-order valence-electron chi connectivity index (χ4n) is 0.0853. The number of rotatable bonds is 2. The first-order valence-electron chi connectivity index (χ1n) is 1.44. The molecule has 0 saturated heterocycles. The first-order chi connectivity index (χ1) is 2.91. The summed E-state index contributed by atoms with van der Waals surface area (Å²) in [4.78, 5) is 8.18. The maximum atomic E-state index is 7.74. The maximum absolute atomic E-state index is 7.74. The molecule has 0 spiro atoms. The van der Waals surface area contributed by atoms with Crippen molar-refractivity contribution in [3.8, 4) is 6.07 Å². The van der Waals surface area contributed by atoms with Gasteiger partial charge in [-0.1, -0.05) is 0 Å². The average molecular weight is 87.1 g/mol. The van der Waals surface area contributed by atoms with Crippen LogP contribution in [0.25, 0.3) is 0 Å². The molecule has 6 heavy (non-hydrogen) atoms. The molecule has 0 aromatic carbocycles. The number of nitriles is 1. The van der Waals surface area contributed by atoms with Gasteiger partial charge in [-0.3, -0.25) is 0 Å². The van der Waals surface area contributed by atoms with Gasteiger partial charge in [-0.15, -0.1) is 0 Å². The van der Waals surface area contributed by atoms with Gasteiger partial charge >= 0.3 is 0 Å². The molecule has 0 aromatic rings. The number of hydrogen-bond donors (Lipinski definition) is 0. The zero-order chi connectivity index (χ0) is 4.83. The molecule has 0 aliphatic carbocycles. The van der Waals surface area contributed by atoms with Gasteiger partial charge in [0, 0.05) is 0 Å². The Hall–Kier alpha value is -0.590. The molecule has 34 valence electrons. The van der Waals surface area contributed by atoms with E-state index in [9.17, 15) is 0 Å². The van der Waals surface area contributed by atoms with Crippen LogP contribution >= 0.6 is 0 Å². The molecular weight excluding hydrogens is 82.0 g/mol. The van der Waals surface area contributed by atoms with Gasteiger partial charge in [0.05, 0.1) is 13.2 Å². The quantitative estimate of drug-likeness (QED) is 0.272. The van der Waals surface area contributed by atoms with E-state index in [1.807, 2.05) is 0 Å². The van der Waals surface area contributed by atoms with E-state index in [1.54, 1.807) is 6.07 Å². The summed E-state index contributed by atoms with van der Waals surface area (Å²) in [7, 11) is 1.36. The van der Waals surface area contributed by atoms with Crippen molar-refractivity contribution >= 4 is 0 Å². The predicted molar refractivity (Wildman–Crippen MR) is 18.6 cm³/mol. The highest BCUT2D eigenvalue weighted by atomic mass is 17.2. The predicted octanol–water partition coefficient (Wildman–Crippen LogP) is 0.0880. The lowest BCUT2D eigenvalue weighted by atomic mass is 10.9. The zero-order valence-electron chi connectivity index (χ0n) is 3.47. The van der Waals surface area contributed by atoms with Crippen LogP contribution in [0.5, 0.6) is 0 Å². The summed E-state index contributed by atoms with van der Waals surface area (Å²) >= 11 is 0. The van der Waals surface area contributed by atoms with Gasteiger partial charge in [0.25, 0.3) is 0 Å². The third-order valence-corrected chi connectivity index (χ3v) is 0.241. The SMILES string of the molecule is COOCC#N. The molecule has 0 unspecified atom stereocenters. The molecule has 3 heteroatoms. The van der Waals surface area contributed by atoms with Crippen LogP contribution in [0.15, 0.2) is 0 Å². The molecule has 0 heterocycles. The van der Waals surface area contributed by atoms with Crippen LogP contribution in [0.2, 0.25) is 0 Å². The molecule has 0 aliphatic heterocycles. The minimum Gasteiger partial charge on any atom is -0.239 e. The van der Waals surface area contributed by atoms with Crippen LogP contribution in [0, 0.1) is 11.3 Å². The molecule has 0 aromatic heterocycles. The molecular formula is C3H5NO2. The van der Waals surface area contributed by atoms with Gasteiger partial charge in [-0.25, -0.2) is 9.78 Å². The van der Waals surface area contributed by atoms with Crippen LogP contribution in [0.4, 0.5) is 0 Å². The van der Waals surface area contributed by atoms with Crippen molar-refractivity contribution < 1.29 is 9.78 Å². The Balaban J connectivity index is 2.54. The van der Waals surface area contributed by atoms with E-state index >= 15 is 0 Å². The summed E-state index contributed by atoms with van der Waals surface area (Å²) in [5, 5.41) is 7.74. The Kier molecular flexibility index (Phi) is 3.98. The summed E-state index contributed by atoms with van der Waals surface area (Å²) in [6.45, 7) is -0.00347. The molecule has 0 N–H and O–H groups in total. The fourth-order valence-corrected chi connectivity index (χ4v) is 0.0853. The van der Waals surface area contributed by atoms with E-state index in [0.29, 0.717) is 0 Å². The fraction of sp³-hybridized carbons (Fsp3) is 0.667. The van der Waals surface area contributed by atoms with Crippen molar-refractivity contribution in [2.75, 3.05) is 13.7 Å². The van der Waals surface area contributed by atoms with E-state index in [4.69, 9.17) is 5.26 Å². The van der Waals surface area contributed by atoms with E-state index < -0.39 is 0 Å². The second-order valence-corrected chi connectivity index (χ2v) is 0.587. The highest BCUT2D eigenvalue weighted by Crippen LogP contribution is 1.65. The second kappa shape index (κ2) is 4.41. The minimum atomic E-state index is -0.00347. The van der Waals surface area contributed by atoms with Crippen LogP contribution in [0.3, 0.4) is 0 Å². The van der Waals surface area contributed by atoms with E-state index in [0.717, 1.165) is 0 Å². The van der Waals surface area contributed by atoms with Crippen LogP contribution < -0.4 is 0 Å². The maximum Gasteiger partial charge on any atom is 0.168 e. The van der Waals surface area contributed by atoms with Crippen molar-refractivity contribution in [3.63, 3.8) is 0 Å². The minimum absolute atomic E-state index is 0.00347. The van der Waals surface area contributed by atoms with Gasteiger partial charge < -0.3 is 0 Å². The molecule has 0 bridgehead atoms. The Morgan fingerprint density at radius 1 is 1.83 bits per heavy atom. The van der Waals surface area contributed by atoms with Crippen molar-refractivity contribution in [2.24, 2.45) is 0 Å². The topological polar surface area (TPSA) is 42.2 Å². The van der Waals surface area contributed by atoms with Crippen molar-refractivity contribution in [3.05, 3.63) is 0 Å². The highest BCUT2D eigenvalue weighted by Gasteiger charge is 1.71. The molecule has 0 aliphatic rings. The van der Waals surface area contributed by atoms with Crippen LogP contribution in [-0.4, -0.2) is 13.7 Å². The van der Waals surface area contributed by atoms with Crippen LogP contribution in [0.1, 0.15) is 0 Å². The van der Waals surface area contributed by atoms with Crippen molar-refractivity contribution in [1.82, 2.24) is 0 Å².